The number of hydrogen-bond acceptors (Lipinski definition) is 5. The predicted molar refractivity (Wildman–Crippen MR) is 115 cm³/mol. The van der Waals surface area contributed by atoms with E-state index in [1.54, 1.807) is 48.5 Å². The topological polar surface area (TPSA) is 111 Å². The Hall–Kier alpha value is -4.20. The number of nitro benzene ring substituents is 1. The highest BCUT2D eigenvalue weighted by Gasteiger charge is 2.29. The molecule has 3 aromatic carbocycles. The Morgan fingerprint density at radius 3 is 2.29 bits per heavy atom. The van der Waals surface area contributed by atoms with E-state index in [1.165, 1.54) is 18.2 Å². The van der Waals surface area contributed by atoms with Gasteiger partial charge in [-0.2, -0.15) is 0 Å². The van der Waals surface area contributed by atoms with Crippen LogP contribution < -0.4 is 15.4 Å². The minimum absolute atomic E-state index is 0.0190. The van der Waals surface area contributed by atoms with Gasteiger partial charge >= 0.3 is 0 Å². The Morgan fingerprint density at radius 2 is 1.61 bits per heavy atom. The molecule has 2 amide bonds. The van der Waals surface area contributed by atoms with Gasteiger partial charge in [0.1, 0.15) is 11.5 Å². The largest absolute Gasteiger partial charge is 0.457 e. The molecule has 1 aliphatic rings. The van der Waals surface area contributed by atoms with Crippen LogP contribution in [0.2, 0.25) is 0 Å². The maximum Gasteiger partial charge on any atom is 0.270 e. The van der Waals surface area contributed by atoms with Crippen LogP contribution in [-0.4, -0.2) is 16.7 Å². The molecule has 0 unspecified atom stereocenters. The van der Waals surface area contributed by atoms with Crippen LogP contribution in [0.25, 0.3) is 0 Å². The molecule has 1 saturated carbocycles. The molecule has 0 saturated heterocycles. The van der Waals surface area contributed by atoms with Crippen molar-refractivity contribution in [1.29, 1.82) is 0 Å². The molecule has 156 valence electrons. The number of nitrogens with one attached hydrogen (secondary N) is 2. The first-order chi connectivity index (χ1) is 15.0. The van der Waals surface area contributed by atoms with Crippen molar-refractivity contribution < 1.29 is 19.2 Å². The lowest BCUT2D eigenvalue weighted by Crippen LogP contribution is -2.15. The summed E-state index contributed by atoms with van der Waals surface area (Å²) in [4.78, 5) is 35.6. The Labute approximate surface area is 178 Å². The minimum atomic E-state index is -0.572. The fraction of sp³-hybridized carbons (Fsp3) is 0.130. The number of amides is 2. The summed E-state index contributed by atoms with van der Waals surface area (Å²) < 4.78 is 5.77. The zero-order chi connectivity index (χ0) is 21.8. The first-order valence-corrected chi connectivity index (χ1v) is 9.73. The number of ether oxygens (including phenoxy) is 1. The highest BCUT2D eigenvalue weighted by Crippen LogP contribution is 2.31. The molecule has 1 aliphatic carbocycles. The van der Waals surface area contributed by atoms with Crippen LogP contribution in [0.4, 0.5) is 17.1 Å². The lowest BCUT2D eigenvalue weighted by Gasteiger charge is -2.12. The van der Waals surface area contributed by atoms with Crippen molar-refractivity contribution >= 4 is 28.9 Å². The third-order valence-electron chi connectivity index (χ3n) is 4.73. The molecule has 8 nitrogen and oxygen atoms in total. The third-order valence-corrected chi connectivity index (χ3v) is 4.73. The van der Waals surface area contributed by atoms with Crippen molar-refractivity contribution in [3.05, 3.63) is 88.5 Å². The second-order valence-corrected chi connectivity index (χ2v) is 7.15. The van der Waals surface area contributed by atoms with Crippen molar-refractivity contribution in [2.75, 3.05) is 10.6 Å². The summed E-state index contributed by atoms with van der Waals surface area (Å²) in [6.07, 6.45) is 1.78. The van der Waals surface area contributed by atoms with Crippen molar-refractivity contribution in [1.82, 2.24) is 0 Å². The zero-order valence-electron chi connectivity index (χ0n) is 16.4. The highest BCUT2D eigenvalue weighted by molar-refractivity contribution is 6.07. The molecule has 8 heteroatoms. The number of nitrogens with zero attached hydrogens (tertiary/aromatic N) is 1. The smallest absolute Gasteiger partial charge is 0.270 e. The lowest BCUT2D eigenvalue weighted by atomic mass is 10.1. The van der Waals surface area contributed by atoms with E-state index in [4.69, 9.17) is 4.74 Å². The number of para-hydroxylation sites is 1. The van der Waals surface area contributed by atoms with Crippen molar-refractivity contribution in [2.24, 2.45) is 5.92 Å². The van der Waals surface area contributed by atoms with Gasteiger partial charge in [-0.05, 0) is 49.2 Å². The molecule has 1 fully saturated rings. The number of benzene rings is 3. The quantitative estimate of drug-likeness (QED) is 0.416. The monoisotopic (exact) mass is 417 g/mol. The number of carbonyl (C=O) groups is 2. The van der Waals surface area contributed by atoms with E-state index in [0.717, 1.165) is 12.8 Å². The molecule has 0 aliphatic heterocycles. The Kier molecular flexibility index (Phi) is 5.61. The molecule has 4 rings (SSSR count). The summed E-state index contributed by atoms with van der Waals surface area (Å²) in [7, 11) is 0. The molecule has 2 N–H and O–H groups in total. The number of hydrogen-bond donors (Lipinski definition) is 2. The zero-order valence-corrected chi connectivity index (χ0v) is 16.4. The van der Waals surface area contributed by atoms with E-state index in [0.29, 0.717) is 17.1 Å². The number of non-ortho nitro benzene ring substituents is 1. The molecule has 31 heavy (non-hydrogen) atoms. The Morgan fingerprint density at radius 1 is 0.903 bits per heavy atom. The van der Waals surface area contributed by atoms with E-state index in [-0.39, 0.29) is 28.8 Å². The third kappa shape index (κ3) is 5.05. The van der Waals surface area contributed by atoms with Crippen LogP contribution in [0.3, 0.4) is 0 Å². The van der Waals surface area contributed by atoms with Crippen LogP contribution in [-0.2, 0) is 4.79 Å². The van der Waals surface area contributed by atoms with Crippen LogP contribution >= 0.6 is 0 Å². The molecular weight excluding hydrogens is 398 g/mol. The van der Waals surface area contributed by atoms with Gasteiger partial charge in [0.05, 0.1) is 10.5 Å². The van der Waals surface area contributed by atoms with E-state index in [1.807, 2.05) is 6.07 Å². The van der Waals surface area contributed by atoms with Crippen molar-refractivity contribution in [3.63, 3.8) is 0 Å². The molecule has 3 aromatic rings. The van der Waals surface area contributed by atoms with Gasteiger partial charge in [-0.25, -0.2) is 0 Å². The van der Waals surface area contributed by atoms with Crippen LogP contribution in [0.15, 0.2) is 72.8 Å². The highest BCUT2D eigenvalue weighted by atomic mass is 16.6. The van der Waals surface area contributed by atoms with Crippen LogP contribution in [0.1, 0.15) is 23.2 Å². The summed E-state index contributed by atoms with van der Waals surface area (Å²) in [5.41, 5.74) is 0.798. The van der Waals surface area contributed by atoms with E-state index in [9.17, 15) is 19.7 Å². The second kappa shape index (κ2) is 8.66. The average molecular weight is 417 g/mol. The number of nitro groups is 1. The van der Waals surface area contributed by atoms with Gasteiger partial charge in [-0.3, -0.25) is 19.7 Å². The first-order valence-electron chi connectivity index (χ1n) is 9.73. The summed E-state index contributed by atoms with van der Waals surface area (Å²) in [5, 5.41) is 16.7. The van der Waals surface area contributed by atoms with Gasteiger partial charge in [0.15, 0.2) is 0 Å². The fourth-order valence-electron chi connectivity index (χ4n) is 2.98. The van der Waals surface area contributed by atoms with Gasteiger partial charge in [0.25, 0.3) is 11.6 Å². The van der Waals surface area contributed by atoms with Crippen molar-refractivity contribution in [2.45, 2.75) is 12.8 Å². The van der Waals surface area contributed by atoms with Gasteiger partial charge in [0, 0.05) is 29.4 Å². The summed E-state index contributed by atoms with van der Waals surface area (Å²) >= 11 is 0. The van der Waals surface area contributed by atoms with Crippen molar-refractivity contribution in [3.8, 4) is 11.5 Å². The molecular formula is C23H19N3O5. The predicted octanol–water partition coefficient (Wildman–Crippen LogP) is 4.99. The second-order valence-electron chi connectivity index (χ2n) is 7.15. The van der Waals surface area contributed by atoms with E-state index in [2.05, 4.69) is 10.6 Å². The van der Waals surface area contributed by atoms with Gasteiger partial charge < -0.3 is 15.4 Å². The molecule has 0 heterocycles. The van der Waals surface area contributed by atoms with Crippen LogP contribution in [0.5, 0.6) is 11.5 Å². The SMILES string of the molecule is O=C(Nc1cccc(NC(=O)C2CC2)c1)c1cc([N+](=O)[O-])ccc1Oc1ccccc1. The molecule has 0 aromatic heterocycles. The van der Waals surface area contributed by atoms with Gasteiger partial charge in [-0.15, -0.1) is 0 Å². The summed E-state index contributed by atoms with van der Waals surface area (Å²) in [6, 6.07) is 19.4. The lowest BCUT2D eigenvalue weighted by molar-refractivity contribution is -0.384. The summed E-state index contributed by atoms with van der Waals surface area (Å²) in [6.45, 7) is 0. The molecule has 0 radical (unpaired) electrons. The number of anilines is 2. The standard InChI is InChI=1S/C23H19N3O5/c27-22(15-9-10-15)24-16-5-4-6-17(13-16)25-23(28)20-14-18(26(29)30)11-12-21(20)31-19-7-2-1-3-8-19/h1-8,11-15H,9-10H2,(H,24,27)(H,25,28). The molecule has 0 bridgehead atoms. The van der Waals surface area contributed by atoms with Gasteiger partial charge in [0.2, 0.25) is 5.91 Å². The van der Waals surface area contributed by atoms with Gasteiger partial charge in [-0.1, -0.05) is 24.3 Å². The fourth-order valence-corrected chi connectivity index (χ4v) is 2.98. The summed E-state index contributed by atoms with van der Waals surface area (Å²) in [5.74, 6) is 0.129. The normalized spacial score (nSPS) is 12.6. The minimum Gasteiger partial charge on any atom is -0.457 e. The van der Waals surface area contributed by atoms with E-state index < -0.39 is 10.8 Å². The first kappa shape index (κ1) is 20.1. The maximum atomic E-state index is 13.0. The molecule has 0 spiro atoms. The number of carbonyl (C=O) groups excluding carboxylic acids is 2. The Bertz CT molecular complexity index is 1140. The van der Waals surface area contributed by atoms with E-state index >= 15 is 0 Å². The maximum absolute atomic E-state index is 13.0. The molecule has 0 atom stereocenters. The average Bonchev–Trinajstić information content (AvgIpc) is 3.60. The Balaban J connectivity index is 1.57. The van der Waals surface area contributed by atoms with Crippen LogP contribution in [0, 0.1) is 16.0 Å². The number of rotatable bonds is 7.